The molecule has 2 N–H and O–H groups in total. The number of hydrogen-bond donors (Lipinski definition) is 2. The molecule has 0 bridgehead atoms. The maximum atomic E-state index is 14.2. The van der Waals surface area contributed by atoms with Crippen LogP contribution in [0.1, 0.15) is 21.1 Å². The summed E-state index contributed by atoms with van der Waals surface area (Å²) in [4.78, 5) is 29.6. The van der Waals surface area contributed by atoms with Gasteiger partial charge in [-0.3, -0.25) is 0 Å². The van der Waals surface area contributed by atoms with Crippen LogP contribution in [0, 0.1) is 5.82 Å². The van der Waals surface area contributed by atoms with E-state index < -0.39 is 31.6 Å². The minimum Gasteiger partial charge on any atom is -0.457 e. The second-order valence-electron chi connectivity index (χ2n) is 4.03. The summed E-state index contributed by atoms with van der Waals surface area (Å²) in [7, 11) is -2.93. The molecule has 0 radical (unpaired) electrons. The fourth-order valence-corrected chi connectivity index (χ4v) is 3.11. The molecule has 0 saturated carbocycles. The van der Waals surface area contributed by atoms with Crippen molar-refractivity contribution in [2.45, 2.75) is 5.91 Å². The molecule has 4 nitrogen and oxygen atoms in total. The number of carbonyl (C=O) groups is 1. The summed E-state index contributed by atoms with van der Waals surface area (Å²) in [5, 5.41) is 0.0440. The predicted molar refractivity (Wildman–Crippen MR) is 77.5 cm³/mol. The second-order valence-corrected chi connectivity index (χ2v) is 6.21. The largest absolute Gasteiger partial charge is 0.457 e. The van der Waals surface area contributed by atoms with Gasteiger partial charge in [-0.25, -0.2) is 13.6 Å². The molecule has 1 aromatic carbocycles. The standard InChI is InChI=1S/C13H11F2O4PS/c1-2-5-19-13(16)10-6-8-9(21-10)4-3-7(11(8)14)12(15)20(17)18/h2-4,6,12,17-18H,1,5H2. The normalized spacial score (nSPS) is 12.6. The number of fused-ring (bicyclic) bond motifs is 1. The lowest BCUT2D eigenvalue weighted by Gasteiger charge is -2.10. The molecule has 0 aliphatic carbocycles. The molecule has 1 atom stereocenters. The molecule has 1 heterocycles. The molecule has 0 aliphatic rings. The van der Waals surface area contributed by atoms with Gasteiger partial charge in [0.1, 0.15) is 17.3 Å². The van der Waals surface area contributed by atoms with Gasteiger partial charge < -0.3 is 14.5 Å². The third-order valence-corrected chi connectivity index (χ3v) is 4.42. The van der Waals surface area contributed by atoms with Crippen molar-refractivity contribution in [3.63, 3.8) is 0 Å². The highest BCUT2D eigenvalue weighted by Gasteiger charge is 2.25. The van der Waals surface area contributed by atoms with Crippen LogP contribution in [-0.4, -0.2) is 22.4 Å². The van der Waals surface area contributed by atoms with Crippen molar-refractivity contribution in [1.29, 1.82) is 0 Å². The quantitative estimate of drug-likeness (QED) is 0.498. The van der Waals surface area contributed by atoms with E-state index in [4.69, 9.17) is 14.5 Å². The fraction of sp³-hybridized carbons (Fsp3) is 0.154. The van der Waals surface area contributed by atoms with E-state index in [1.807, 2.05) is 0 Å². The molecule has 8 heteroatoms. The summed E-state index contributed by atoms with van der Waals surface area (Å²) in [5.74, 6) is -3.73. The van der Waals surface area contributed by atoms with Crippen molar-refractivity contribution in [2.24, 2.45) is 0 Å². The van der Waals surface area contributed by atoms with E-state index in [2.05, 4.69) is 6.58 Å². The van der Waals surface area contributed by atoms with Gasteiger partial charge in [0.05, 0.1) is 0 Å². The fourth-order valence-electron chi connectivity index (χ4n) is 1.71. The molecule has 1 aromatic heterocycles. The highest BCUT2D eigenvalue weighted by molar-refractivity contribution is 7.45. The minimum atomic E-state index is -2.93. The molecular formula is C13H11F2O4PS. The number of esters is 1. The molecule has 2 aromatic rings. The van der Waals surface area contributed by atoms with Crippen LogP contribution in [0.25, 0.3) is 10.1 Å². The van der Waals surface area contributed by atoms with Crippen LogP contribution >= 0.6 is 19.7 Å². The zero-order chi connectivity index (χ0) is 15.6. The Kier molecular flexibility index (Phi) is 5.00. The Bertz CT molecular complexity index is 686. The van der Waals surface area contributed by atoms with Gasteiger partial charge >= 0.3 is 5.97 Å². The maximum Gasteiger partial charge on any atom is 0.348 e. The first kappa shape index (κ1) is 16.0. The smallest absolute Gasteiger partial charge is 0.348 e. The van der Waals surface area contributed by atoms with E-state index in [0.29, 0.717) is 4.70 Å². The van der Waals surface area contributed by atoms with E-state index >= 15 is 0 Å². The lowest BCUT2D eigenvalue weighted by molar-refractivity contribution is 0.0555. The Balaban J connectivity index is 2.42. The Hall–Kier alpha value is -1.40. The van der Waals surface area contributed by atoms with Gasteiger partial charge in [0.25, 0.3) is 0 Å². The van der Waals surface area contributed by atoms with E-state index in [1.54, 1.807) is 0 Å². The lowest BCUT2D eigenvalue weighted by Crippen LogP contribution is -2.02. The minimum absolute atomic E-state index is 0.0344. The summed E-state index contributed by atoms with van der Waals surface area (Å²) in [6.45, 7) is 3.44. The topological polar surface area (TPSA) is 66.8 Å². The molecule has 0 amide bonds. The number of rotatable bonds is 5. The van der Waals surface area contributed by atoms with Crippen LogP contribution < -0.4 is 0 Å². The van der Waals surface area contributed by atoms with Crippen molar-refractivity contribution in [3.8, 4) is 0 Å². The third kappa shape index (κ3) is 3.27. The Morgan fingerprint density at radius 2 is 2.24 bits per heavy atom. The zero-order valence-corrected chi connectivity index (χ0v) is 12.3. The summed E-state index contributed by atoms with van der Waals surface area (Å²) in [6, 6.07) is 3.82. The molecule has 2 rings (SSSR count). The average Bonchev–Trinajstić information content (AvgIpc) is 2.89. The van der Waals surface area contributed by atoms with Gasteiger partial charge in [-0.2, -0.15) is 0 Å². The van der Waals surface area contributed by atoms with Gasteiger partial charge in [-0.1, -0.05) is 18.7 Å². The third-order valence-electron chi connectivity index (χ3n) is 2.66. The van der Waals surface area contributed by atoms with Crippen molar-refractivity contribution in [3.05, 3.63) is 47.1 Å². The highest BCUT2D eigenvalue weighted by Crippen LogP contribution is 2.47. The maximum absolute atomic E-state index is 14.2. The van der Waals surface area contributed by atoms with Gasteiger partial charge in [-0.05, 0) is 12.1 Å². The summed E-state index contributed by atoms with van der Waals surface area (Å²) in [5.41, 5.74) is -0.442. The van der Waals surface area contributed by atoms with Crippen molar-refractivity contribution < 1.29 is 28.1 Å². The number of hydrogen-bond acceptors (Lipinski definition) is 5. The molecule has 1 unspecified atom stereocenters. The zero-order valence-electron chi connectivity index (χ0n) is 10.6. The number of thiophene rings is 1. The monoisotopic (exact) mass is 332 g/mol. The molecule has 112 valence electrons. The molecule has 21 heavy (non-hydrogen) atoms. The van der Waals surface area contributed by atoms with E-state index in [1.165, 1.54) is 18.2 Å². The number of carbonyl (C=O) groups excluding carboxylic acids is 1. The van der Waals surface area contributed by atoms with Gasteiger partial charge in [0, 0.05) is 15.6 Å². The summed E-state index contributed by atoms with van der Waals surface area (Å²) < 4.78 is 33.0. The highest BCUT2D eigenvalue weighted by atomic mass is 32.1. The van der Waals surface area contributed by atoms with Crippen LogP contribution in [-0.2, 0) is 4.74 Å². The van der Waals surface area contributed by atoms with Gasteiger partial charge in [0.2, 0.25) is 8.38 Å². The molecule has 0 spiro atoms. The first-order valence-corrected chi connectivity index (χ1v) is 7.90. The van der Waals surface area contributed by atoms with E-state index in [9.17, 15) is 13.6 Å². The Labute approximate surface area is 124 Å². The molecule has 0 aliphatic heterocycles. The van der Waals surface area contributed by atoms with E-state index in [0.717, 1.165) is 17.4 Å². The van der Waals surface area contributed by atoms with Crippen LogP contribution in [0.5, 0.6) is 0 Å². The number of benzene rings is 1. The summed E-state index contributed by atoms with van der Waals surface area (Å²) in [6.07, 6.45) is 1.41. The second kappa shape index (κ2) is 6.58. The van der Waals surface area contributed by atoms with Crippen molar-refractivity contribution in [1.82, 2.24) is 0 Å². The average molecular weight is 332 g/mol. The Morgan fingerprint density at radius 3 is 2.86 bits per heavy atom. The van der Waals surface area contributed by atoms with Crippen molar-refractivity contribution in [2.75, 3.05) is 6.61 Å². The summed E-state index contributed by atoms with van der Waals surface area (Å²) >= 11 is 1.01. The van der Waals surface area contributed by atoms with Crippen molar-refractivity contribution >= 4 is 35.8 Å². The van der Waals surface area contributed by atoms with Crippen LogP contribution in [0.4, 0.5) is 8.78 Å². The number of ether oxygens (including phenoxy) is 1. The Morgan fingerprint density at radius 1 is 1.52 bits per heavy atom. The lowest BCUT2D eigenvalue weighted by atomic mass is 10.1. The molecular weight excluding hydrogens is 321 g/mol. The molecule has 0 fully saturated rings. The SMILES string of the molecule is C=CCOC(=O)c1cc2c(F)c(C(F)P(O)O)ccc2s1. The van der Waals surface area contributed by atoms with Crippen LogP contribution in [0.3, 0.4) is 0 Å². The predicted octanol–water partition coefficient (Wildman–Crippen LogP) is 3.65. The molecule has 0 saturated heterocycles. The van der Waals surface area contributed by atoms with Gasteiger partial charge in [0.15, 0.2) is 5.91 Å². The van der Waals surface area contributed by atoms with E-state index in [-0.39, 0.29) is 16.9 Å². The van der Waals surface area contributed by atoms with Crippen LogP contribution in [0.15, 0.2) is 30.9 Å². The number of halogens is 2. The first-order valence-electron chi connectivity index (χ1n) is 5.76. The van der Waals surface area contributed by atoms with Crippen LogP contribution in [0.2, 0.25) is 0 Å². The number of alkyl halides is 1. The van der Waals surface area contributed by atoms with Gasteiger partial charge in [-0.15, -0.1) is 11.3 Å². The first-order chi connectivity index (χ1) is 9.95.